The predicted molar refractivity (Wildman–Crippen MR) is 41.9 cm³/mol. The molecule has 0 aromatic rings. The monoisotopic (exact) mass is 150 g/mol. The summed E-state index contributed by atoms with van der Waals surface area (Å²) in [5, 5.41) is 7.20. The smallest absolute Gasteiger partial charge is 0.0459 e. The van der Waals surface area contributed by atoms with Crippen LogP contribution in [0.4, 0.5) is 0 Å². The van der Waals surface area contributed by atoms with Crippen LogP contribution in [0.5, 0.6) is 0 Å². The van der Waals surface area contributed by atoms with E-state index in [4.69, 9.17) is 0 Å². The van der Waals surface area contributed by atoms with E-state index in [-0.39, 0.29) is 0 Å². The lowest BCUT2D eigenvalue weighted by molar-refractivity contribution is 0.142. The highest BCUT2D eigenvalue weighted by Crippen LogP contribution is 2.65. The highest BCUT2D eigenvalue weighted by atomic mass is 15.2. The van der Waals surface area contributed by atoms with E-state index in [9.17, 15) is 0 Å². The zero-order valence-electron chi connectivity index (χ0n) is 6.59. The van der Waals surface area contributed by atoms with Crippen LogP contribution in [0.1, 0.15) is 12.8 Å². The van der Waals surface area contributed by atoms with Gasteiger partial charge in [-0.3, -0.25) is 10.6 Å². The summed E-state index contributed by atoms with van der Waals surface area (Å²) in [6, 6.07) is 1.74. The summed E-state index contributed by atoms with van der Waals surface area (Å²) in [5.41, 5.74) is 0. The average molecular weight is 150 g/mol. The molecule has 0 amide bonds. The number of nitrogens with one attached hydrogen (secondary N) is 2. The number of fused-ring (bicyclic) bond motifs is 1. The van der Waals surface area contributed by atoms with Crippen LogP contribution in [-0.2, 0) is 0 Å². The van der Waals surface area contributed by atoms with Gasteiger partial charge in [-0.05, 0) is 36.5 Å². The highest BCUT2D eigenvalue weighted by molar-refractivity contribution is 5.19. The molecule has 6 atom stereocenters. The first-order valence-electron chi connectivity index (χ1n) is 4.92. The minimum Gasteiger partial charge on any atom is -0.300 e. The third-order valence-electron chi connectivity index (χ3n) is 4.68. The Morgan fingerprint density at radius 2 is 1.73 bits per heavy atom. The largest absolute Gasteiger partial charge is 0.300 e. The van der Waals surface area contributed by atoms with E-state index >= 15 is 0 Å². The van der Waals surface area contributed by atoms with Crippen molar-refractivity contribution in [1.29, 1.82) is 0 Å². The number of hydrogen-bond acceptors (Lipinski definition) is 2. The van der Waals surface area contributed by atoms with Crippen LogP contribution in [0.3, 0.4) is 0 Å². The molecule has 0 radical (unpaired) electrons. The summed E-state index contributed by atoms with van der Waals surface area (Å²) in [6.45, 7) is 1.07. The van der Waals surface area contributed by atoms with Gasteiger partial charge in [-0.2, -0.15) is 0 Å². The Morgan fingerprint density at radius 3 is 2.73 bits per heavy atom. The topological polar surface area (TPSA) is 24.1 Å². The Hall–Kier alpha value is -0.0800. The molecule has 5 fully saturated rings. The molecular formula is C9H14N2. The average Bonchev–Trinajstić information content (AvgIpc) is 2.52. The summed E-state index contributed by atoms with van der Waals surface area (Å²) in [4.78, 5) is 0. The molecule has 4 aliphatic carbocycles. The molecule has 2 heteroatoms. The second-order valence-corrected chi connectivity index (χ2v) is 4.77. The molecule has 1 aliphatic heterocycles. The maximum absolute atomic E-state index is 3.60. The normalized spacial score (nSPS) is 69.8. The van der Waals surface area contributed by atoms with Crippen LogP contribution in [-0.4, -0.2) is 18.8 Å². The minimum atomic E-state index is 0.865. The van der Waals surface area contributed by atoms with Gasteiger partial charge in [0.25, 0.3) is 0 Å². The Labute approximate surface area is 66.7 Å². The maximum Gasteiger partial charge on any atom is 0.0459 e. The Balaban J connectivity index is 1.80. The quantitative estimate of drug-likeness (QED) is 0.514. The molecule has 5 aliphatic rings. The lowest BCUT2D eigenvalue weighted by Gasteiger charge is -2.37. The van der Waals surface area contributed by atoms with Crippen molar-refractivity contribution in [2.24, 2.45) is 23.7 Å². The Kier molecular flexibility index (Phi) is 0.758. The standard InChI is InChI=1S/C9H14N2/c1-4-2-6-5(1)7(4)9-8(6)10-3-11-9/h4-11H,1-3H2. The van der Waals surface area contributed by atoms with Crippen molar-refractivity contribution in [1.82, 2.24) is 10.6 Å². The van der Waals surface area contributed by atoms with Crippen LogP contribution in [0, 0.1) is 23.7 Å². The summed E-state index contributed by atoms with van der Waals surface area (Å²) in [6.07, 6.45) is 3.11. The molecule has 11 heavy (non-hydrogen) atoms. The molecule has 2 N–H and O–H groups in total. The van der Waals surface area contributed by atoms with E-state index in [1.54, 1.807) is 12.8 Å². The Bertz CT molecular complexity index is 200. The van der Waals surface area contributed by atoms with Gasteiger partial charge < -0.3 is 0 Å². The van der Waals surface area contributed by atoms with Gasteiger partial charge in [0.2, 0.25) is 0 Å². The molecule has 0 aromatic carbocycles. The molecule has 4 saturated carbocycles. The van der Waals surface area contributed by atoms with E-state index in [1.165, 1.54) is 0 Å². The molecule has 1 saturated heterocycles. The SMILES string of the molecule is C1NC2C3CC4CC3C4C2N1. The first kappa shape index (κ1) is 5.55. The minimum absolute atomic E-state index is 0.865. The van der Waals surface area contributed by atoms with Gasteiger partial charge in [-0.25, -0.2) is 0 Å². The molecule has 2 nitrogen and oxygen atoms in total. The molecule has 0 aromatic heterocycles. The van der Waals surface area contributed by atoms with Gasteiger partial charge in [0.05, 0.1) is 0 Å². The maximum atomic E-state index is 3.60. The third kappa shape index (κ3) is 0.433. The van der Waals surface area contributed by atoms with E-state index in [2.05, 4.69) is 10.6 Å². The van der Waals surface area contributed by atoms with Crippen molar-refractivity contribution in [2.45, 2.75) is 24.9 Å². The predicted octanol–water partition coefficient (Wildman–Crippen LogP) is 0.160. The second-order valence-electron chi connectivity index (χ2n) is 4.77. The van der Waals surface area contributed by atoms with E-state index < -0.39 is 0 Å². The van der Waals surface area contributed by atoms with Crippen LogP contribution in [0.25, 0.3) is 0 Å². The fraction of sp³-hybridized carbons (Fsp3) is 1.00. The second kappa shape index (κ2) is 1.50. The van der Waals surface area contributed by atoms with Gasteiger partial charge in [0.15, 0.2) is 0 Å². The zero-order chi connectivity index (χ0) is 7.00. The molecule has 4 bridgehead atoms. The molecule has 60 valence electrons. The lowest BCUT2D eigenvalue weighted by atomic mass is 9.71. The van der Waals surface area contributed by atoms with Crippen molar-refractivity contribution in [3.63, 3.8) is 0 Å². The first-order valence-corrected chi connectivity index (χ1v) is 4.92. The van der Waals surface area contributed by atoms with Crippen LogP contribution >= 0.6 is 0 Å². The van der Waals surface area contributed by atoms with Crippen molar-refractivity contribution in [3.05, 3.63) is 0 Å². The summed E-state index contributed by atoms with van der Waals surface area (Å²) in [5.74, 6) is 4.39. The molecular weight excluding hydrogens is 136 g/mol. The molecule has 1 heterocycles. The van der Waals surface area contributed by atoms with Crippen LogP contribution in [0.2, 0.25) is 0 Å². The lowest BCUT2D eigenvalue weighted by Crippen LogP contribution is -2.44. The summed E-state index contributed by atoms with van der Waals surface area (Å²) in [7, 11) is 0. The van der Waals surface area contributed by atoms with Crippen LogP contribution in [0.15, 0.2) is 0 Å². The van der Waals surface area contributed by atoms with Gasteiger partial charge in [-0.1, -0.05) is 0 Å². The zero-order valence-corrected chi connectivity index (χ0v) is 6.59. The molecule has 6 unspecified atom stereocenters. The van der Waals surface area contributed by atoms with Crippen LogP contribution < -0.4 is 10.6 Å². The first-order chi connectivity index (χ1) is 5.45. The Morgan fingerprint density at radius 1 is 0.909 bits per heavy atom. The molecule has 0 spiro atoms. The summed E-state index contributed by atoms with van der Waals surface area (Å²) < 4.78 is 0. The highest BCUT2D eigenvalue weighted by Gasteiger charge is 2.66. The van der Waals surface area contributed by atoms with Gasteiger partial charge in [-0.15, -0.1) is 0 Å². The van der Waals surface area contributed by atoms with E-state index in [0.717, 1.165) is 42.4 Å². The van der Waals surface area contributed by atoms with Crippen molar-refractivity contribution < 1.29 is 0 Å². The van der Waals surface area contributed by atoms with E-state index in [1.807, 2.05) is 0 Å². The van der Waals surface area contributed by atoms with Crippen molar-refractivity contribution in [3.8, 4) is 0 Å². The summed E-state index contributed by atoms with van der Waals surface area (Å²) >= 11 is 0. The van der Waals surface area contributed by atoms with Gasteiger partial charge in [0, 0.05) is 18.8 Å². The van der Waals surface area contributed by atoms with E-state index in [0.29, 0.717) is 0 Å². The van der Waals surface area contributed by atoms with Gasteiger partial charge >= 0.3 is 0 Å². The third-order valence-corrected chi connectivity index (χ3v) is 4.68. The molecule has 5 rings (SSSR count). The number of hydrogen-bond donors (Lipinski definition) is 2. The fourth-order valence-electron chi connectivity index (χ4n) is 4.37. The van der Waals surface area contributed by atoms with Gasteiger partial charge in [0.1, 0.15) is 0 Å². The van der Waals surface area contributed by atoms with Crippen molar-refractivity contribution >= 4 is 0 Å². The number of rotatable bonds is 0. The fourth-order valence-corrected chi connectivity index (χ4v) is 4.37. The van der Waals surface area contributed by atoms with Crippen molar-refractivity contribution in [2.75, 3.05) is 6.67 Å².